The topological polar surface area (TPSA) is 80.3 Å². The second kappa shape index (κ2) is 8.30. The highest BCUT2D eigenvalue weighted by atomic mass is 16.4. The van der Waals surface area contributed by atoms with Gasteiger partial charge in [-0.25, -0.2) is 0 Å². The molecule has 0 aromatic carbocycles. The fraction of sp³-hybridized carbons (Fsp3) is 0.222. The number of carboxylic acid groups (broad SMARTS) is 2. The van der Waals surface area contributed by atoms with Crippen LogP contribution in [0.25, 0.3) is 0 Å². The number of hydrogen-bond donors (Lipinski definition) is 0. The Balaban J connectivity index is -0.000000143. The molecule has 0 spiro atoms. The molecule has 4 heteroatoms. The van der Waals surface area contributed by atoms with Crippen LogP contribution in [0.1, 0.15) is 13.8 Å². The lowest BCUT2D eigenvalue weighted by atomic mass is 10.4. The molecule has 0 aliphatic rings. The summed E-state index contributed by atoms with van der Waals surface area (Å²) in [7, 11) is 0. The predicted octanol–water partition coefficient (Wildman–Crippen LogP) is -1.29. The first kappa shape index (κ1) is 17.3. The first-order valence-corrected chi connectivity index (χ1v) is 3.02. The standard InChI is InChI=1S/2C4H6O2.C/c2*1-3(2)4(5)6;/h2*1H2,2H3,(H,5,6);/q;;+2/p-2. The molecule has 0 aliphatic heterocycles. The summed E-state index contributed by atoms with van der Waals surface area (Å²) in [5.74, 6) is -2.37. The summed E-state index contributed by atoms with van der Waals surface area (Å²) < 4.78 is 0. The molecule has 0 bridgehead atoms. The van der Waals surface area contributed by atoms with Crippen LogP contribution >= 0.6 is 0 Å². The first-order valence-electron chi connectivity index (χ1n) is 3.02. The minimum absolute atomic E-state index is 0. The molecule has 0 N–H and O–H groups in total. The summed E-state index contributed by atoms with van der Waals surface area (Å²) in [6.45, 7) is 8.95. The van der Waals surface area contributed by atoms with Gasteiger partial charge in [0.1, 0.15) is 0 Å². The summed E-state index contributed by atoms with van der Waals surface area (Å²) in [6, 6.07) is 0. The van der Waals surface area contributed by atoms with Gasteiger partial charge in [-0.3, -0.25) is 0 Å². The molecule has 2 radical (unpaired) electrons. The highest BCUT2D eigenvalue weighted by Crippen LogP contribution is 1.77. The second-order valence-electron chi connectivity index (χ2n) is 2.14. The van der Waals surface area contributed by atoms with E-state index in [1.807, 2.05) is 0 Å². The van der Waals surface area contributed by atoms with Crippen molar-refractivity contribution in [3.05, 3.63) is 31.7 Å². The molecule has 0 aromatic heterocycles. The highest BCUT2D eigenvalue weighted by Gasteiger charge is 2.00. The maximum absolute atomic E-state index is 9.49. The Hall–Kier alpha value is -1.80. The van der Waals surface area contributed by atoms with Gasteiger partial charge in [0, 0.05) is 0 Å². The molecule has 0 fully saturated rings. The summed E-state index contributed by atoms with van der Waals surface area (Å²) in [5, 5.41) is 19.0. The molecule has 0 atom stereocenters. The summed E-state index contributed by atoms with van der Waals surface area (Å²) in [4.78, 5) is 19.0. The monoisotopic (exact) mass is 182 g/mol. The lowest BCUT2D eigenvalue weighted by molar-refractivity contribution is -0.300. The Labute approximate surface area is 78.2 Å². The van der Waals surface area contributed by atoms with E-state index in [0.29, 0.717) is 0 Å². The lowest BCUT2D eigenvalue weighted by Crippen LogP contribution is -2.22. The van der Waals surface area contributed by atoms with Crippen LogP contribution in [-0.4, -0.2) is 11.9 Å². The van der Waals surface area contributed by atoms with E-state index in [4.69, 9.17) is 0 Å². The zero-order valence-electron chi connectivity index (χ0n) is 7.55. The van der Waals surface area contributed by atoms with Crippen LogP contribution < -0.4 is 10.2 Å². The van der Waals surface area contributed by atoms with Gasteiger partial charge in [-0.2, -0.15) is 0 Å². The van der Waals surface area contributed by atoms with Crippen molar-refractivity contribution < 1.29 is 19.8 Å². The van der Waals surface area contributed by atoms with Gasteiger partial charge in [0.15, 0.2) is 0 Å². The molecular weight excluding hydrogens is 172 g/mol. The van der Waals surface area contributed by atoms with Crippen LogP contribution in [0.4, 0.5) is 0 Å². The van der Waals surface area contributed by atoms with E-state index in [-0.39, 0.29) is 18.6 Å². The van der Waals surface area contributed by atoms with Crippen LogP contribution in [-0.2, 0) is 9.59 Å². The average Bonchev–Trinajstić information content (AvgIpc) is 1.88. The van der Waals surface area contributed by atoms with Crippen LogP contribution in [0.3, 0.4) is 0 Å². The van der Waals surface area contributed by atoms with E-state index < -0.39 is 11.9 Å². The van der Waals surface area contributed by atoms with Gasteiger partial charge in [0.05, 0.1) is 11.9 Å². The zero-order valence-corrected chi connectivity index (χ0v) is 7.55. The van der Waals surface area contributed by atoms with Crippen molar-refractivity contribution in [2.24, 2.45) is 0 Å². The van der Waals surface area contributed by atoms with E-state index in [1.54, 1.807) is 0 Å². The van der Waals surface area contributed by atoms with E-state index in [1.165, 1.54) is 13.8 Å². The SMILES string of the molecule is C=C(C)C(=O)[O-].C=C(C)C(=O)[O-].[C+2]. The van der Waals surface area contributed by atoms with Crippen molar-refractivity contribution >= 4 is 11.9 Å². The molecule has 70 valence electrons. The van der Waals surface area contributed by atoms with Crippen molar-refractivity contribution in [3.63, 3.8) is 0 Å². The van der Waals surface area contributed by atoms with Gasteiger partial charge in [-0.1, -0.05) is 13.2 Å². The maximum Gasteiger partial charge on any atom is 2.00 e. The van der Waals surface area contributed by atoms with Gasteiger partial charge in [-0.15, -0.1) is 0 Å². The minimum atomic E-state index is -1.19. The summed E-state index contributed by atoms with van der Waals surface area (Å²) in [6.07, 6.45) is 0. The van der Waals surface area contributed by atoms with Crippen LogP contribution in [0.15, 0.2) is 24.3 Å². The van der Waals surface area contributed by atoms with Gasteiger partial charge in [0.2, 0.25) is 0 Å². The molecule has 0 saturated heterocycles. The van der Waals surface area contributed by atoms with Gasteiger partial charge < -0.3 is 19.8 Å². The summed E-state index contributed by atoms with van der Waals surface area (Å²) in [5.41, 5.74) is 0.130. The van der Waals surface area contributed by atoms with Crippen molar-refractivity contribution in [1.29, 1.82) is 0 Å². The fourth-order valence-corrected chi connectivity index (χ4v) is 0. The number of rotatable bonds is 2. The Morgan fingerprint density at radius 3 is 1.00 bits per heavy atom. The number of aliphatic carboxylic acids is 2. The number of carbonyl (C=O) groups excluding carboxylic acids is 2. The third-order valence-corrected chi connectivity index (χ3v) is 0.697. The van der Waals surface area contributed by atoms with Crippen molar-refractivity contribution in [2.45, 2.75) is 13.8 Å². The van der Waals surface area contributed by atoms with Gasteiger partial charge >= 0.3 is 7.43 Å². The Morgan fingerprint density at radius 2 is 1.00 bits per heavy atom. The van der Waals surface area contributed by atoms with Crippen molar-refractivity contribution in [3.8, 4) is 0 Å². The Morgan fingerprint density at radius 1 is 0.923 bits per heavy atom. The van der Waals surface area contributed by atoms with Crippen molar-refractivity contribution in [2.75, 3.05) is 0 Å². The van der Waals surface area contributed by atoms with Crippen molar-refractivity contribution in [1.82, 2.24) is 0 Å². The van der Waals surface area contributed by atoms with Gasteiger partial charge in [-0.05, 0) is 25.0 Å². The second-order valence-corrected chi connectivity index (χ2v) is 2.14. The van der Waals surface area contributed by atoms with Gasteiger partial charge in [0.25, 0.3) is 0 Å². The third kappa shape index (κ3) is 17.8. The zero-order chi connectivity index (χ0) is 10.3. The largest absolute Gasteiger partial charge is 2.00 e. The van der Waals surface area contributed by atoms with E-state index in [2.05, 4.69) is 13.2 Å². The maximum atomic E-state index is 9.49. The van der Waals surface area contributed by atoms with Crippen LogP contribution in [0.5, 0.6) is 0 Å². The molecule has 0 heterocycles. The molecule has 13 heavy (non-hydrogen) atoms. The summed E-state index contributed by atoms with van der Waals surface area (Å²) >= 11 is 0. The molecule has 0 amide bonds. The minimum Gasteiger partial charge on any atom is -0.545 e. The number of carboxylic acids is 2. The molecule has 0 aromatic rings. The van der Waals surface area contributed by atoms with E-state index in [9.17, 15) is 19.8 Å². The smallest absolute Gasteiger partial charge is 0.545 e. The Kier molecular flexibility index (Phi) is 11.1. The predicted molar refractivity (Wildman–Crippen MR) is 42.9 cm³/mol. The first-order chi connectivity index (χ1) is 5.29. The fourth-order valence-electron chi connectivity index (χ4n) is 0. The molecular formula is C9H10O4. The molecule has 0 unspecified atom stereocenters. The number of carbonyl (C=O) groups is 2. The molecule has 0 rings (SSSR count). The lowest BCUT2D eigenvalue weighted by Gasteiger charge is -1.93. The normalized spacial score (nSPS) is 6.92. The van der Waals surface area contributed by atoms with E-state index >= 15 is 0 Å². The molecule has 0 aliphatic carbocycles. The molecule has 0 saturated carbocycles. The van der Waals surface area contributed by atoms with Crippen LogP contribution in [0, 0.1) is 7.43 Å². The molecule has 4 nitrogen and oxygen atoms in total. The third-order valence-electron chi connectivity index (χ3n) is 0.697. The number of hydrogen-bond acceptors (Lipinski definition) is 4. The Bertz CT molecular complexity index is 168. The van der Waals surface area contributed by atoms with E-state index in [0.717, 1.165) is 0 Å². The van der Waals surface area contributed by atoms with Crippen LogP contribution in [0.2, 0.25) is 0 Å². The quantitative estimate of drug-likeness (QED) is 0.497. The average molecular weight is 182 g/mol. The highest BCUT2D eigenvalue weighted by molar-refractivity contribution is 5.83.